The molecule has 0 amide bonds. The summed E-state index contributed by atoms with van der Waals surface area (Å²) in [5.74, 6) is -0.516. The lowest BCUT2D eigenvalue weighted by atomic mass is 9.84. The van der Waals surface area contributed by atoms with Gasteiger partial charge < -0.3 is 4.42 Å². The third kappa shape index (κ3) is 4.64. The summed E-state index contributed by atoms with van der Waals surface area (Å²) in [7, 11) is 0. The Labute approximate surface area is 304 Å². The van der Waals surface area contributed by atoms with Crippen molar-refractivity contribution in [2.45, 2.75) is 0 Å². The zero-order valence-corrected chi connectivity index (χ0v) is 24.0. The Balaban J connectivity index is 1.57. The first-order chi connectivity index (χ1) is 32.5. The van der Waals surface area contributed by atoms with E-state index in [2.05, 4.69) is 0 Å². The third-order valence-electron chi connectivity index (χ3n) is 7.77. The lowest BCUT2D eigenvalue weighted by Gasteiger charge is -2.18. The van der Waals surface area contributed by atoms with Gasteiger partial charge in [0.15, 0.2) is 0 Å². The number of furan rings is 1. The molecule has 0 aliphatic carbocycles. The van der Waals surface area contributed by atoms with Crippen LogP contribution in [0, 0.1) is 0 Å². The maximum absolute atomic E-state index is 9.52. The summed E-state index contributed by atoms with van der Waals surface area (Å²) in [4.78, 5) is 0. The van der Waals surface area contributed by atoms with Gasteiger partial charge in [0.05, 0.1) is 30.2 Å². The van der Waals surface area contributed by atoms with E-state index in [0.29, 0.717) is 11.1 Å². The highest BCUT2D eigenvalue weighted by Gasteiger charge is 2.24. The van der Waals surface area contributed by atoms with Gasteiger partial charge in [0.2, 0.25) is 0 Å². The number of hydrogen-bond acceptors (Lipinski definition) is 1. The molecule has 9 rings (SSSR count). The first kappa shape index (κ1) is 12.9. The Bertz CT molecular complexity index is 3640. The van der Waals surface area contributed by atoms with E-state index in [1.54, 1.807) is 42.5 Å². The predicted molar refractivity (Wildman–Crippen MR) is 198 cm³/mol. The molecule has 0 aliphatic rings. The molecule has 0 atom stereocenters. The standard InChI is InChI=1S/C46H30O/c1-4-14-31(15-5-1)33-24-26-35(27-25-33)46-45(41-29-28-36(30-42(41)47-46)32-16-6-2-7-17-32)44-39-22-12-10-20-37(39)43(34-18-8-3-9-19-34)38-21-11-13-23-40(38)44/h1-30H/i1D,3D,4D,5D,8D,9D,10D,11D,12D,13D,14D,15D,18D,19D,20D,21D,22D,23D,24D,25D,26D,27D. The van der Waals surface area contributed by atoms with E-state index in [4.69, 9.17) is 23.6 Å². The largest absolute Gasteiger partial charge is 0.455 e. The second kappa shape index (κ2) is 11.3. The van der Waals surface area contributed by atoms with Gasteiger partial charge in [-0.25, -0.2) is 0 Å². The Morgan fingerprint density at radius 3 is 1.47 bits per heavy atom. The molecule has 0 saturated carbocycles. The van der Waals surface area contributed by atoms with E-state index in [1.165, 1.54) is 6.07 Å². The topological polar surface area (TPSA) is 13.1 Å². The van der Waals surface area contributed by atoms with Crippen LogP contribution in [0.3, 0.4) is 0 Å². The molecular weight excluding hydrogens is 569 g/mol. The van der Waals surface area contributed by atoms with Crippen LogP contribution in [0.15, 0.2) is 186 Å². The van der Waals surface area contributed by atoms with E-state index < -0.39 is 194 Å². The Morgan fingerprint density at radius 1 is 0.340 bits per heavy atom. The number of benzene rings is 8. The molecular formula is C46H30O. The van der Waals surface area contributed by atoms with Gasteiger partial charge in [0.25, 0.3) is 0 Å². The van der Waals surface area contributed by atoms with Crippen molar-refractivity contribution in [3.05, 3.63) is 181 Å². The molecule has 1 heteroatoms. The average Bonchev–Trinajstić information content (AvgIpc) is 3.71. The van der Waals surface area contributed by atoms with Crippen LogP contribution in [-0.4, -0.2) is 0 Å². The Hall–Kier alpha value is -6.18. The highest BCUT2D eigenvalue weighted by atomic mass is 16.3. The second-order valence-electron chi connectivity index (χ2n) is 10.4. The molecule has 0 bridgehead atoms. The zero-order chi connectivity index (χ0) is 50.3. The van der Waals surface area contributed by atoms with Crippen molar-refractivity contribution in [3.63, 3.8) is 0 Å². The second-order valence-corrected chi connectivity index (χ2v) is 10.4. The predicted octanol–water partition coefficient (Wildman–Crippen LogP) is 13.1. The van der Waals surface area contributed by atoms with E-state index in [9.17, 15) is 11.0 Å². The summed E-state index contributed by atoms with van der Waals surface area (Å²) in [5.41, 5.74) is -2.53. The van der Waals surface area contributed by atoms with Gasteiger partial charge in [-0.3, -0.25) is 0 Å². The van der Waals surface area contributed by atoms with Crippen LogP contribution < -0.4 is 0 Å². The van der Waals surface area contributed by atoms with Gasteiger partial charge in [0, 0.05) is 22.1 Å². The van der Waals surface area contributed by atoms with Crippen molar-refractivity contribution in [1.29, 1.82) is 0 Å². The van der Waals surface area contributed by atoms with Crippen LogP contribution in [-0.2, 0) is 0 Å². The maximum Gasteiger partial charge on any atom is 0.143 e. The van der Waals surface area contributed by atoms with Crippen LogP contribution in [0.25, 0.3) is 88.3 Å². The molecule has 0 unspecified atom stereocenters. The zero-order valence-electron chi connectivity index (χ0n) is 46.0. The lowest BCUT2D eigenvalue weighted by molar-refractivity contribution is 0.632. The van der Waals surface area contributed by atoms with Gasteiger partial charge >= 0.3 is 0 Å². The molecule has 0 aliphatic heterocycles. The van der Waals surface area contributed by atoms with Crippen LogP contribution >= 0.6 is 0 Å². The molecule has 0 N–H and O–H groups in total. The average molecular weight is 621 g/mol. The molecule has 0 saturated heterocycles. The van der Waals surface area contributed by atoms with Gasteiger partial charge in [-0.15, -0.1) is 0 Å². The van der Waals surface area contributed by atoms with Gasteiger partial charge in [-0.2, -0.15) is 0 Å². The van der Waals surface area contributed by atoms with E-state index in [1.807, 2.05) is 0 Å². The van der Waals surface area contributed by atoms with Crippen LogP contribution in [0.5, 0.6) is 0 Å². The molecule has 9 aromatic rings. The van der Waals surface area contributed by atoms with Crippen LogP contribution in [0.2, 0.25) is 0 Å². The van der Waals surface area contributed by atoms with Crippen molar-refractivity contribution in [1.82, 2.24) is 0 Å². The smallest absolute Gasteiger partial charge is 0.143 e. The fraction of sp³-hybridized carbons (Fsp3) is 0. The summed E-state index contributed by atoms with van der Waals surface area (Å²) in [6.07, 6.45) is 0. The summed E-state index contributed by atoms with van der Waals surface area (Å²) in [6.45, 7) is 0. The van der Waals surface area contributed by atoms with Crippen molar-refractivity contribution in [3.8, 4) is 55.8 Å². The normalized spacial score (nSPS) is 18.0. The quantitative estimate of drug-likeness (QED) is 0.174. The van der Waals surface area contributed by atoms with E-state index >= 15 is 0 Å². The molecule has 8 aromatic carbocycles. The molecule has 0 spiro atoms. The third-order valence-corrected chi connectivity index (χ3v) is 7.77. The molecule has 47 heavy (non-hydrogen) atoms. The number of hydrogen-bond donors (Lipinski definition) is 0. The van der Waals surface area contributed by atoms with Gasteiger partial charge in [-0.05, 0) is 67.1 Å². The van der Waals surface area contributed by atoms with Gasteiger partial charge in [-0.1, -0.05) is 169 Å². The maximum atomic E-state index is 9.52. The summed E-state index contributed by atoms with van der Waals surface area (Å²) in [5, 5.41) is -2.01. The van der Waals surface area contributed by atoms with E-state index in [0.717, 1.165) is 0 Å². The van der Waals surface area contributed by atoms with Crippen molar-refractivity contribution < 1.29 is 34.6 Å². The molecule has 1 heterocycles. The minimum Gasteiger partial charge on any atom is -0.455 e. The fourth-order valence-corrected chi connectivity index (χ4v) is 5.76. The molecule has 0 fully saturated rings. The van der Waals surface area contributed by atoms with Crippen molar-refractivity contribution in [2.75, 3.05) is 0 Å². The fourth-order valence-electron chi connectivity index (χ4n) is 5.76. The minimum absolute atomic E-state index is 0.0226. The summed E-state index contributed by atoms with van der Waals surface area (Å²) < 4.78 is 203. The molecule has 220 valence electrons. The van der Waals surface area contributed by atoms with Crippen molar-refractivity contribution in [2.24, 2.45) is 0 Å². The summed E-state index contributed by atoms with van der Waals surface area (Å²) >= 11 is 0. The SMILES string of the molecule is [2H]c1c([2H])c([2H])c(-c2c([2H])c([2H])c(-c3oc4cc(-c5ccccc5)ccc4c3-c3c4c([2H])c([2H])c([2H])c([2H])c4c(-c4c([2H])c([2H])c([2H])c([2H])c4[2H])c4c([2H])c([2H])c([2H])c([2H])c34)c([2H])c2[2H])c([2H])c1[2H]. The first-order valence-corrected chi connectivity index (χ1v) is 14.3. The summed E-state index contributed by atoms with van der Waals surface area (Å²) in [6, 6.07) is -4.83. The van der Waals surface area contributed by atoms with E-state index in [-0.39, 0.29) is 16.5 Å². The van der Waals surface area contributed by atoms with Crippen molar-refractivity contribution >= 4 is 32.5 Å². The van der Waals surface area contributed by atoms with Crippen LogP contribution in [0.4, 0.5) is 0 Å². The Morgan fingerprint density at radius 2 is 0.851 bits per heavy atom. The Kier molecular flexibility index (Phi) is 3.11. The molecule has 1 aromatic heterocycles. The highest BCUT2D eigenvalue weighted by molar-refractivity contribution is 6.25. The molecule has 0 radical (unpaired) electrons. The monoisotopic (exact) mass is 620 g/mol. The first-order valence-electron chi connectivity index (χ1n) is 25.3. The minimum atomic E-state index is -0.879. The highest BCUT2D eigenvalue weighted by Crippen LogP contribution is 2.50. The number of fused-ring (bicyclic) bond motifs is 3. The van der Waals surface area contributed by atoms with Gasteiger partial charge in [0.1, 0.15) is 11.3 Å². The van der Waals surface area contributed by atoms with Crippen LogP contribution in [0.1, 0.15) is 30.2 Å². The number of rotatable bonds is 5. The molecule has 1 nitrogen and oxygen atoms in total. The lowest BCUT2D eigenvalue weighted by Crippen LogP contribution is -1.91.